The summed E-state index contributed by atoms with van der Waals surface area (Å²) < 4.78 is 0. The van der Waals surface area contributed by atoms with Gasteiger partial charge in [-0.05, 0) is 88.6 Å². The van der Waals surface area contributed by atoms with E-state index in [1.165, 1.54) is 31.4 Å². The molecule has 3 rings (SSSR count). The first-order valence-electron chi connectivity index (χ1n) is 12.7. The molecule has 34 heavy (non-hydrogen) atoms. The zero-order valence-electron chi connectivity index (χ0n) is 23.0. The molecule has 0 heterocycles. The Kier molecular flexibility index (Phi) is 8.08. The van der Waals surface area contributed by atoms with Gasteiger partial charge in [0.05, 0.1) is 10.9 Å². The minimum atomic E-state index is -0.109. The summed E-state index contributed by atoms with van der Waals surface area (Å²) in [6.07, 6.45) is 3.30. The smallest absolute Gasteiger partial charge is 0.0599 e. The van der Waals surface area contributed by atoms with Gasteiger partial charge in [-0.15, -0.1) is 0 Å². The van der Waals surface area contributed by atoms with E-state index in [1.54, 1.807) is 0 Å². The van der Waals surface area contributed by atoms with Gasteiger partial charge in [0.15, 0.2) is 14.7 Å². The molecule has 0 amide bonds. The molecule has 0 aliphatic carbocycles. The van der Waals surface area contributed by atoms with Crippen molar-refractivity contribution < 1.29 is 0 Å². The summed E-state index contributed by atoms with van der Waals surface area (Å²) in [4.78, 5) is 4.18. The van der Waals surface area contributed by atoms with Gasteiger partial charge in [0.25, 0.3) is 0 Å². The van der Waals surface area contributed by atoms with Gasteiger partial charge in [-0.25, -0.2) is 0 Å². The Labute approximate surface area is 212 Å². The van der Waals surface area contributed by atoms with Crippen LogP contribution in [-0.4, -0.2) is 0 Å². The Hall–Kier alpha value is -1.99. The van der Waals surface area contributed by atoms with Crippen LogP contribution in [0.5, 0.6) is 0 Å². The fourth-order valence-electron chi connectivity index (χ4n) is 4.48. The Morgan fingerprint density at radius 3 is 0.765 bits per heavy atom. The van der Waals surface area contributed by atoms with Crippen LogP contribution in [0.2, 0.25) is 0 Å². The number of benzene rings is 3. The maximum absolute atomic E-state index is 2.36. The highest BCUT2D eigenvalue weighted by Crippen LogP contribution is 2.34. The van der Waals surface area contributed by atoms with Crippen LogP contribution in [0.3, 0.4) is 0 Å². The van der Waals surface area contributed by atoms with Gasteiger partial charge in [-0.3, -0.25) is 0 Å². The van der Waals surface area contributed by atoms with Crippen LogP contribution >= 0.6 is 0 Å². The number of hydrogen-bond acceptors (Lipinski definition) is 0. The lowest BCUT2D eigenvalue weighted by Crippen LogP contribution is -2.11. The topological polar surface area (TPSA) is 0 Å². The van der Waals surface area contributed by atoms with Crippen LogP contribution in [0.1, 0.15) is 79.0 Å². The Morgan fingerprint density at radius 1 is 0.382 bits per heavy atom. The second-order valence-electron chi connectivity index (χ2n) is 13.5. The number of rotatable bonds is 6. The first-order valence-corrected chi connectivity index (χ1v) is 13.9. The SMILES string of the molecule is CC(C)(C)Cc1ccc([S+](c2ccc(CC(C)(C)C)cc2)c2ccc(CC(C)(C)C)cc2)cc1. The average molecular weight is 474 g/mol. The second-order valence-corrected chi connectivity index (χ2v) is 15.5. The molecule has 0 radical (unpaired) electrons. The molecule has 0 nitrogen and oxygen atoms in total. The summed E-state index contributed by atoms with van der Waals surface area (Å²) in [6.45, 7) is 20.8. The van der Waals surface area contributed by atoms with E-state index >= 15 is 0 Å². The molecule has 182 valence electrons. The molecule has 0 atom stereocenters. The molecule has 0 N–H and O–H groups in total. The van der Waals surface area contributed by atoms with E-state index < -0.39 is 0 Å². The van der Waals surface area contributed by atoms with Crippen LogP contribution in [0, 0.1) is 16.2 Å². The van der Waals surface area contributed by atoms with E-state index in [9.17, 15) is 0 Å². The lowest BCUT2D eigenvalue weighted by molar-refractivity contribution is 0.411. The van der Waals surface area contributed by atoms with Crippen molar-refractivity contribution in [2.45, 2.75) is 96.3 Å². The van der Waals surface area contributed by atoms with E-state index in [-0.39, 0.29) is 10.9 Å². The molecule has 0 aliphatic rings. The van der Waals surface area contributed by atoms with Crippen LogP contribution < -0.4 is 0 Å². The zero-order chi connectivity index (χ0) is 25.1. The molecule has 0 fully saturated rings. The van der Waals surface area contributed by atoms with Crippen LogP contribution in [0.15, 0.2) is 87.5 Å². The highest BCUT2D eigenvalue weighted by atomic mass is 32.2. The third-order valence-electron chi connectivity index (χ3n) is 5.68. The zero-order valence-corrected chi connectivity index (χ0v) is 23.8. The van der Waals surface area contributed by atoms with Gasteiger partial charge >= 0.3 is 0 Å². The Balaban J connectivity index is 1.97. The van der Waals surface area contributed by atoms with Gasteiger partial charge in [0.2, 0.25) is 0 Å². The summed E-state index contributed by atoms with van der Waals surface area (Å²) in [5.74, 6) is 0. The van der Waals surface area contributed by atoms with Crippen LogP contribution in [0.4, 0.5) is 0 Å². The van der Waals surface area contributed by atoms with Gasteiger partial charge < -0.3 is 0 Å². The third-order valence-corrected chi connectivity index (χ3v) is 7.91. The van der Waals surface area contributed by atoms with Gasteiger partial charge in [0, 0.05) is 0 Å². The lowest BCUT2D eigenvalue weighted by atomic mass is 9.88. The van der Waals surface area contributed by atoms with E-state index in [1.807, 2.05) is 0 Å². The summed E-state index contributed by atoms with van der Waals surface area (Å²) >= 11 is 0. The highest BCUT2D eigenvalue weighted by molar-refractivity contribution is 7.97. The highest BCUT2D eigenvalue weighted by Gasteiger charge is 2.29. The lowest BCUT2D eigenvalue weighted by Gasteiger charge is -2.19. The van der Waals surface area contributed by atoms with Gasteiger partial charge in [-0.2, -0.15) is 0 Å². The quantitative estimate of drug-likeness (QED) is 0.313. The summed E-state index contributed by atoms with van der Waals surface area (Å²) in [7, 11) is -0.109. The minimum absolute atomic E-state index is 0.109. The molecule has 0 saturated carbocycles. The van der Waals surface area contributed by atoms with Crippen molar-refractivity contribution in [1.29, 1.82) is 0 Å². The molecule has 0 spiro atoms. The molecular weight excluding hydrogens is 428 g/mol. The predicted molar refractivity (Wildman–Crippen MR) is 151 cm³/mol. The second kappa shape index (κ2) is 10.3. The largest absolute Gasteiger partial charge is 0.166 e. The third kappa shape index (κ3) is 8.35. The molecule has 0 aliphatic heterocycles. The monoisotopic (exact) mass is 473 g/mol. The molecule has 0 bridgehead atoms. The molecule has 0 saturated heterocycles. The maximum Gasteiger partial charge on any atom is 0.166 e. The first-order chi connectivity index (χ1) is 15.7. The van der Waals surface area contributed by atoms with Crippen molar-refractivity contribution >= 4 is 10.9 Å². The predicted octanol–water partition coefficient (Wildman–Crippen LogP) is 9.55. The van der Waals surface area contributed by atoms with Crippen molar-refractivity contribution in [2.24, 2.45) is 16.2 Å². The molecule has 3 aromatic rings. The molecule has 0 unspecified atom stereocenters. The van der Waals surface area contributed by atoms with Crippen molar-refractivity contribution in [3.63, 3.8) is 0 Å². The van der Waals surface area contributed by atoms with E-state index in [4.69, 9.17) is 0 Å². The van der Waals surface area contributed by atoms with Crippen molar-refractivity contribution in [1.82, 2.24) is 0 Å². The van der Waals surface area contributed by atoms with Crippen molar-refractivity contribution in [3.8, 4) is 0 Å². The molecule has 0 aromatic heterocycles. The van der Waals surface area contributed by atoms with E-state index in [2.05, 4.69) is 135 Å². The molecular formula is C33H45S+. The van der Waals surface area contributed by atoms with Gasteiger partial charge in [-0.1, -0.05) is 98.7 Å². The van der Waals surface area contributed by atoms with Crippen molar-refractivity contribution in [2.75, 3.05) is 0 Å². The van der Waals surface area contributed by atoms with Crippen LogP contribution in [0.25, 0.3) is 0 Å². The van der Waals surface area contributed by atoms with Gasteiger partial charge in [0.1, 0.15) is 0 Å². The van der Waals surface area contributed by atoms with E-state index in [0.29, 0.717) is 16.2 Å². The fraction of sp³-hybridized carbons (Fsp3) is 0.455. The molecule has 1 heteroatoms. The first kappa shape index (κ1) is 26.6. The van der Waals surface area contributed by atoms with Crippen LogP contribution in [-0.2, 0) is 30.2 Å². The normalized spacial score (nSPS) is 12.9. The van der Waals surface area contributed by atoms with Crippen molar-refractivity contribution in [3.05, 3.63) is 89.5 Å². The Morgan fingerprint density at radius 2 is 0.588 bits per heavy atom. The average Bonchev–Trinajstić information content (AvgIpc) is 2.69. The molecule has 3 aromatic carbocycles. The Bertz CT molecular complexity index is 893. The summed E-state index contributed by atoms with van der Waals surface area (Å²) in [5, 5.41) is 0. The fourth-order valence-corrected chi connectivity index (χ4v) is 6.52. The summed E-state index contributed by atoms with van der Waals surface area (Å²) in [5.41, 5.74) is 5.15. The maximum atomic E-state index is 2.36. The standard InChI is InChI=1S/C33H45S/c1-31(2,3)22-25-10-16-28(17-11-25)34(29-18-12-26(13-19-29)23-32(4,5)6)30-20-14-27(15-21-30)24-33(7,8)9/h10-21H,22-24H2,1-9H3/q+1. The minimum Gasteiger partial charge on any atom is -0.0599 e. The number of hydrogen-bond donors (Lipinski definition) is 0. The van der Waals surface area contributed by atoms with E-state index in [0.717, 1.165) is 19.3 Å². The summed E-state index contributed by atoms with van der Waals surface area (Å²) in [6, 6.07) is 28.2.